The number of benzene rings is 1. The van der Waals surface area contributed by atoms with E-state index in [0.717, 1.165) is 33.3 Å². The molecule has 0 aliphatic heterocycles. The summed E-state index contributed by atoms with van der Waals surface area (Å²) in [5.74, 6) is 0.903. The maximum Gasteiger partial charge on any atom is 0.140 e. The van der Waals surface area contributed by atoms with Gasteiger partial charge in [-0.05, 0) is 37.5 Å². The van der Waals surface area contributed by atoms with Gasteiger partial charge in [-0.25, -0.2) is 4.98 Å². The Kier molecular flexibility index (Phi) is 4.75. The minimum absolute atomic E-state index is 0.435. The molecule has 2 aromatic rings. The number of thiazole rings is 1. The Morgan fingerprint density at radius 2 is 2.15 bits per heavy atom. The second-order valence-electron chi connectivity index (χ2n) is 4.72. The molecule has 0 spiro atoms. The van der Waals surface area contributed by atoms with Gasteiger partial charge >= 0.3 is 0 Å². The van der Waals surface area contributed by atoms with Crippen molar-refractivity contribution in [3.05, 3.63) is 44.9 Å². The first-order valence-corrected chi connectivity index (χ1v) is 7.50. The highest BCUT2D eigenvalue weighted by atomic mass is 32.1. The van der Waals surface area contributed by atoms with Gasteiger partial charge in [-0.3, -0.25) is 0 Å². The van der Waals surface area contributed by atoms with Crippen LogP contribution in [0.1, 0.15) is 33.6 Å². The van der Waals surface area contributed by atoms with Crippen molar-refractivity contribution in [2.24, 2.45) is 0 Å². The van der Waals surface area contributed by atoms with Gasteiger partial charge < -0.3 is 4.74 Å². The molecule has 1 aromatic carbocycles. The fraction of sp³-hybridized carbons (Fsp3) is 0.375. The Bertz CT molecular complexity index is 640. The zero-order chi connectivity index (χ0) is 14.5. The first kappa shape index (κ1) is 14.5. The summed E-state index contributed by atoms with van der Waals surface area (Å²) in [5, 5.41) is 9.76. The molecule has 0 aliphatic rings. The van der Waals surface area contributed by atoms with Crippen molar-refractivity contribution in [2.75, 3.05) is 0 Å². The summed E-state index contributed by atoms with van der Waals surface area (Å²) in [6.45, 7) is 6.61. The number of nitriles is 1. The average molecular weight is 286 g/mol. The first-order chi connectivity index (χ1) is 9.63. The Morgan fingerprint density at radius 3 is 2.85 bits per heavy atom. The number of rotatable bonds is 5. The lowest BCUT2D eigenvalue weighted by molar-refractivity contribution is 0.303. The maximum atomic E-state index is 8.82. The van der Waals surface area contributed by atoms with Crippen LogP contribution in [0.15, 0.2) is 18.2 Å². The van der Waals surface area contributed by atoms with Gasteiger partial charge in [0.15, 0.2) is 0 Å². The quantitative estimate of drug-likeness (QED) is 0.835. The number of hydrogen-bond acceptors (Lipinski definition) is 4. The van der Waals surface area contributed by atoms with Crippen LogP contribution in [0.3, 0.4) is 0 Å². The zero-order valence-electron chi connectivity index (χ0n) is 12.1. The molecule has 20 heavy (non-hydrogen) atoms. The largest absolute Gasteiger partial charge is 0.486 e. The fourth-order valence-electron chi connectivity index (χ4n) is 1.99. The lowest BCUT2D eigenvalue weighted by Gasteiger charge is -2.08. The van der Waals surface area contributed by atoms with Crippen LogP contribution in [0.25, 0.3) is 0 Å². The summed E-state index contributed by atoms with van der Waals surface area (Å²) in [5.41, 5.74) is 3.33. The molecule has 3 nitrogen and oxygen atoms in total. The van der Waals surface area contributed by atoms with Crippen molar-refractivity contribution in [2.45, 2.75) is 40.2 Å². The van der Waals surface area contributed by atoms with E-state index in [1.54, 1.807) is 11.3 Å². The van der Waals surface area contributed by atoms with Crippen molar-refractivity contribution in [1.29, 1.82) is 5.26 Å². The summed E-state index contributed by atoms with van der Waals surface area (Å²) in [6, 6.07) is 8.37. The van der Waals surface area contributed by atoms with Crippen LogP contribution in [0.2, 0.25) is 0 Å². The highest BCUT2D eigenvalue weighted by molar-refractivity contribution is 7.11. The molecule has 0 saturated carbocycles. The molecule has 0 aliphatic carbocycles. The Morgan fingerprint density at radius 1 is 1.35 bits per heavy atom. The monoisotopic (exact) mass is 286 g/mol. The fourth-order valence-corrected chi connectivity index (χ4v) is 2.99. The number of nitrogens with zero attached hydrogens (tertiary/aromatic N) is 2. The molecule has 1 heterocycles. The van der Waals surface area contributed by atoms with Crippen LogP contribution in [-0.4, -0.2) is 4.98 Å². The molecule has 104 valence electrons. The first-order valence-electron chi connectivity index (χ1n) is 6.68. The zero-order valence-corrected chi connectivity index (χ0v) is 12.9. The van der Waals surface area contributed by atoms with Crippen LogP contribution in [-0.2, 0) is 19.4 Å². The van der Waals surface area contributed by atoms with Crippen molar-refractivity contribution in [3.63, 3.8) is 0 Å². The molecule has 0 bridgehead atoms. The van der Waals surface area contributed by atoms with Crippen LogP contribution >= 0.6 is 11.3 Å². The van der Waals surface area contributed by atoms with E-state index in [9.17, 15) is 0 Å². The molecule has 0 unspecified atom stereocenters. The van der Waals surface area contributed by atoms with Gasteiger partial charge in [0.05, 0.1) is 18.2 Å². The third kappa shape index (κ3) is 3.37. The molecular weight excluding hydrogens is 268 g/mol. The standard InChI is InChI=1S/C16H18N2OS/c1-4-13-15(7-8-17)20-16(18-13)10-19-14-9-11(2)5-6-12(14)3/h5-6,9H,4,7,10H2,1-3H3. The van der Waals surface area contributed by atoms with Gasteiger partial charge in [-0.15, -0.1) is 11.3 Å². The van der Waals surface area contributed by atoms with Crippen LogP contribution in [0.5, 0.6) is 5.75 Å². The molecule has 0 atom stereocenters. The van der Waals surface area contributed by atoms with Gasteiger partial charge in [0, 0.05) is 4.88 Å². The predicted octanol–water partition coefficient (Wildman–Crippen LogP) is 3.97. The Labute approximate surface area is 123 Å². The summed E-state index contributed by atoms with van der Waals surface area (Å²) in [6.07, 6.45) is 1.29. The minimum Gasteiger partial charge on any atom is -0.486 e. The predicted molar refractivity (Wildman–Crippen MR) is 81.1 cm³/mol. The normalized spacial score (nSPS) is 10.3. The Balaban J connectivity index is 2.11. The van der Waals surface area contributed by atoms with Crippen LogP contribution in [0, 0.1) is 25.2 Å². The second-order valence-corrected chi connectivity index (χ2v) is 5.89. The molecular formula is C16H18N2OS. The lowest BCUT2D eigenvalue weighted by atomic mass is 10.1. The summed E-state index contributed by atoms with van der Waals surface area (Å²) >= 11 is 1.58. The van der Waals surface area contributed by atoms with Gasteiger partial charge in [0.2, 0.25) is 0 Å². The van der Waals surface area contributed by atoms with Gasteiger partial charge in [-0.1, -0.05) is 19.1 Å². The molecule has 0 saturated heterocycles. The van der Waals surface area contributed by atoms with E-state index >= 15 is 0 Å². The second kappa shape index (κ2) is 6.53. The van der Waals surface area contributed by atoms with Gasteiger partial charge in [0.25, 0.3) is 0 Å². The Hall–Kier alpha value is -1.86. The van der Waals surface area contributed by atoms with E-state index in [1.165, 1.54) is 5.56 Å². The lowest BCUT2D eigenvalue weighted by Crippen LogP contribution is -1.97. The maximum absolute atomic E-state index is 8.82. The third-order valence-corrected chi connectivity index (χ3v) is 4.16. The smallest absolute Gasteiger partial charge is 0.140 e. The van der Waals surface area contributed by atoms with Crippen molar-refractivity contribution in [3.8, 4) is 11.8 Å². The summed E-state index contributed by atoms with van der Waals surface area (Å²) in [4.78, 5) is 5.62. The van der Waals surface area contributed by atoms with Crippen molar-refractivity contribution < 1.29 is 4.74 Å². The number of aromatic nitrogens is 1. The van der Waals surface area contributed by atoms with Crippen LogP contribution < -0.4 is 4.74 Å². The molecule has 1 aromatic heterocycles. The molecule has 0 fully saturated rings. The molecule has 0 N–H and O–H groups in total. The third-order valence-electron chi connectivity index (χ3n) is 3.09. The number of ether oxygens (including phenoxy) is 1. The molecule has 0 amide bonds. The van der Waals surface area contributed by atoms with Gasteiger partial charge in [0.1, 0.15) is 17.4 Å². The van der Waals surface area contributed by atoms with E-state index in [0.29, 0.717) is 13.0 Å². The number of aryl methyl sites for hydroxylation is 3. The van der Waals surface area contributed by atoms with E-state index in [-0.39, 0.29) is 0 Å². The van der Waals surface area contributed by atoms with E-state index < -0.39 is 0 Å². The van der Waals surface area contributed by atoms with E-state index in [4.69, 9.17) is 10.00 Å². The van der Waals surface area contributed by atoms with Gasteiger partial charge in [-0.2, -0.15) is 5.26 Å². The van der Waals surface area contributed by atoms with E-state index in [2.05, 4.69) is 37.0 Å². The van der Waals surface area contributed by atoms with Crippen molar-refractivity contribution in [1.82, 2.24) is 4.98 Å². The highest BCUT2D eigenvalue weighted by Gasteiger charge is 2.10. The minimum atomic E-state index is 0.435. The molecule has 0 radical (unpaired) electrons. The van der Waals surface area contributed by atoms with E-state index in [1.807, 2.05) is 13.0 Å². The number of hydrogen-bond donors (Lipinski definition) is 0. The van der Waals surface area contributed by atoms with Crippen molar-refractivity contribution >= 4 is 11.3 Å². The summed E-state index contributed by atoms with van der Waals surface area (Å²) in [7, 11) is 0. The topological polar surface area (TPSA) is 45.9 Å². The molecule has 4 heteroatoms. The highest BCUT2D eigenvalue weighted by Crippen LogP contribution is 2.24. The van der Waals surface area contributed by atoms with Crippen LogP contribution in [0.4, 0.5) is 0 Å². The molecule has 2 rings (SSSR count). The average Bonchev–Trinajstić information content (AvgIpc) is 2.82. The summed E-state index contributed by atoms with van der Waals surface area (Å²) < 4.78 is 5.86. The SMILES string of the molecule is CCc1nc(COc2cc(C)ccc2C)sc1CC#N.